The topological polar surface area (TPSA) is 47.6 Å². The van der Waals surface area contributed by atoms with E-state index < -0.39 is 11.1 Å². The SMILES string of the molecule is CC(C)(C)OC(=O)C1(NCc2ccccc2)CCOCC1. The normalized spacial score (nSPS) is 18.2. The van der Waals surface area contributed by atoms with Crippen LogP contribution in [0.15, 0.2) is 30.3 Å². The van der Waals surface area contributed by atoms with Crippen molar-refractivity contribution in [1.29, 1.82) is 0 Å². The molecule has 2 rings (SSSR count). The standard InChI is InChI=1S/C17H25NO3/c1-16(2,3)21-15(19)17(9-11-20-12-10-17)18-13-14-7-5-4-6-8-14/h4-8,18H,9-13H2,1-3H3. The van der Waals surface area contributed by atoms with E-state index in [2.05, 4.69) is 17.4 Å². The summed E-state index contributed by atoms with van der Waals surface area (Å²) in [5.41, 5.74) is 0.0463. The van der Waals surface area contributed by atoms with Gasteiger partial charge in [0.2, 0.25) is 0 Å². The summed E-state index contributed by atoms with van der Waals surface area (Å²) < 4.78 is 11.0. The second-order valence-electron chi connectivity index (χ2n) is 6.54. The van der Waals surface area contributed by atoms with E-state index in [9.17, 15) is 4.79 Å². The number of carbonyl (C=O) groups is 1. The van der Waals surface area contributed by atoms with Crippen molar-refractivity contribution in [1.82, 2.24) is 5.32 Å². The molecule has 0 spiro atoms. The molecule has 1 aliphatic rings. The molecule has 1 aliphatic heterocycles. The van der Waals surface area contributed by atoms with Gasteiger partial charge < -0.3 is 9.47 Å². The van der Waals surface area contributed by atoms with Gasteiger partial charge in [-0.3, -0.25) is 10.1 Å². The minimum absolute atomic E-state index is 0.172. The lowest BCUT2D eigenvalue weighted by Crippen LogP contribution is -2.57. The van der Waals surface area contributed by atoms with Crippen molar-refractivity contribution in [2.24, 2.45) is 0 Å². The molecule has 1 heterocycles. The number of carbonyl (C=O) groups excluding carboxylic acids is 1. The Morgan fingerprint density at radius 1 is 1.24 bits per heavy atom. The molecular formula is C17H25NO3. The summed E-state index contributed by atoms with van der Waals surface area (Å²) in [4.78, 5) is 12.6. The van der Waals surface area contributed by atoms with E-state index in [-0.39, 0.29) is 5.97 Å². The molecule has 0 bridgehead atoms. The van der Waals surface area contributed by atoms with Gasteiger partial charge in [-0.05, 0) is 39.2 Å². The Labute approximate surface area is 126 Å². The van der Waals surface area contributed by atoms with Crippen LogP contribution < -0.4 is 5.32 Å². The van der Waals surface area contributed by atoms with Crippen LogP contribution in [-0.4, -0.2) is 30.3 Å². The van der Waals surface area contributed by atoms with Gasteiger partial charge in [0, 0.05) is 19.8 Å². The second-order valence-corrected chi connectivity index (χ2v) is 6.54. The molecular weight excluding hydrogens is 266 g/mol. The first-order chi connectivity index (χ1) is 9.91. The highest BCUT2D eigenvalue weighted by atomic mass is 16.6. The van der Waals surface area contributed by atoms with Crippen LogP contribution in [0.3, 0.4) is 0 Å². The molecule has 21 heavy (non-hydrogen) atoms. The maximum absolute atomic E-state index is 12.6. The highest BCUT2D eigenvalue weighted by Gasteiger charge is 2.42. The van der Waals surface area contributed by atoms with E-state index in [0.717, 1.165) is 5.56 Å². The van der Waals surface area contributed by atoms with Crippen LogP contribution in [0.25, 0.3) is 0 Å². The van der Waals surface area contributed by atoms with Crippen LogP contribution in [0.1, 0.15) is 39.2 Å². The predicted octanol–water partition coefficient (Wildman–Crippen LogP) is 2.67. The van der Waals surface area contributed by atoms with Gasteiger partial charge >= 0.3 is 5.97 Å². The summed E-state index contributed by atoms with van der Waals surface area (Å²) in [6.07, 6.45) is 1.30. The quantitative estimate of drug-likeness (QED) is 0.866. The maximum Gasteiger partial charge on any atom is 0.327 e. The molecule has 0 unspecified atom stereocenters. The minimum atomic E-state index is -0.638. The van der Waals surface area contributed by atoms with Crippen molar-refractivity contribution in [3.63, 3.8) is 0 Å². The van der Waals surface area contributed by atoms with Crippen molar-refractivity contribution >= 4 is 5.97 Å². The van der Waals surface area contributed by atoms with Crippen LogP contribution in [0.5, 0.6) is 0 Å². The van der Waals surface area contributed by atoms with Crippen LogP contribution in [0.4, 0.5) is 0 Å². The number of ether oxygens (including phenoxy) is 2. The third-order valence-electron chi connectivity index (χ3n) is 3.61. The lowest BCUT2D eigenvalue weighted by atomic mass is 9.89. The third kappa shape index (κ3) is 4.55. The molecule has 4 heteroatoms. The smallest absolute Gasteiger partial charge is 0.327 e. The van der Waals surface area contributed by atoms with Gasteiger partial charge in [-0.1, -0.05) is 30.3 Å². The summed E-state index contributed by atoms with van der Waals surface area (Å²) in [6.45, 7) is 7.52. The molecule has 0 amide bonds. The highest BCUT2D eigenvalue weighted by molar-refractivity contribution is 5.81. The van der Waals surface area contributed by atoms with Crippen molar-refractivity contribution in [3.05, 3.63) is 35.9 Å². The Morgan fingerprint density at radius 2 is 1.86 bits per heavy atom. The van der Waals surface area contributed by atoms with Crippen LogP contribution in [0, 0.1) is 0 Å². The molecule has 1 aromatic rings. The first-order valence-electron chi connectivity index (χ1n) is 7.51. The summed E-state index contributed by atoms with van der Waals surface area (Å²) in [5, 5.41) is 3.42. The van der Waals surface area contributed by atoms with E-state index in [1.54, 1.807) is 0 Å². The molecule has 116 valence electrons. The Hall–Kier alpha value is -1.39. The van der Waals surface area contributed by atoms with Gasteiger partial charge in [0.15, 0.2) is 0 Å². The zero-order valence-corrected chi connectivity index (χ0v) is 13.1. The fourth-order valence-electron chi connectivity index (χ4n) is 2.42. The molecule has 0 aliphatic carbocycles. The number of hydrogen-bond acceptors (Lipinski definition) is 4. The monoisotopic (exact) mass is 291 g/mol. The summed E-state index contributed by atoms with van der Waals surface area (Å²) in [6, 6.07) is 10.1. The molecule has 0 atom stereocenters. The second kappa shape index (κ2) is 6.58. The van der Waals surface area contributed by atoms with E-state index in [4.69, 9.17) is 9.47 Å². The molecule has 0 aromatic heterocycles. The van der Waals surface area contributed by atoms with E-state index >= 15 is 0 Å². The van der Waals surface area contributed by atoms with Crippen molar-refractivity contribution in [3.8, 4) is 0 Å². The lowest BCUT2D eigenvalue weighted by Gasteiger charge is -2.38. The molecule has 1 N–H and O–H groups in total. The van der Waals surface area contributed by atoms with Gasteiger partial charge in [-0.25, -0.2) is 0 Å². The van der Waals surface area contributed by atoms with E-state index in [1.165, 1.54) is 0 Å². The average Bonchev–Trinajstić information content (AvgIpc) is 2.45. The van der Waals surface area contributed by atoms with Gasteiger partial charge in [-0.15, -0.1) is 0 Å². The Morgan fingerprint density at radius 3 is 2.43 bits per heavy atom. The van der Waals surface area contributed by atoms with Gasteiger partial charge in [0.1, 0.15) is 11.1 Å². The molecule has 0 saturated carbocycles. The van der Waals surface area contributed by atoms with Crippen LogP contribution in [-0.2, 0) is 20.8 Å². The Kier molecular flexibility index (Phi) is 5.01. The summed E-state index contributed by atoms with van der Waals surface area (Å²) in [5.74, 6) is -0.172. The third-order valence-corrected chi connectivity index (χ3v) is 3.61. The summed E-state index contributed by atoms with van der Waals surface area (Å²) >= 11 is 0. The Bertz CT molecular complexity index is 459. The zero-order chi connectivity index (χ0) is 15.3. The van der Waals surface area contributed by atoms with Crippen LogP contribution in [0.2, 0.25) is 0 Å². The first-order valence-corrected chi connectivity index (χ1v) is 7.51. The maximum atomic E-state index is 12.6. The molecule has 4 nitrogen and oxygen atoms in total. The van der Waals surface area contributed by atoms with Crippen LogP contribution >= 0.6 is 0 Å². The van der Waals surface area contributed by atoms with Crippen molar-refractivity contribution in [2.75, 3.05) is 13.2 Å². The largest absolute Gasteiger partial charge is 0.459 e. The predicted molar refractivity (Wildman–Crippen MR) is 81.9 cm³/mol. The number of rotatable bonds is 4. The first kappa shape index (κ1) is 16.0. The van der Waals surface area contributed by atoms with E-state index in [0.29, 0.717) is 32.6 Å². The van der Waals surface area contributed by atoms with Gasteiger partial charge in [-0.2, -0.15) is 0 Å². The fraction of sp³-hybridized carbons (Fsp3) is 0.588. The fourth-order valence-corrected chi connectivity index (χ4v) is 2.42. The number of nitrogens with one attached hydrogen (secondary N) is 1. The minimum Gasteiger partial charge on any atom is -0.459 e. The average molecular weight is 291 g/mol. The van der Waals surface area contributed by atoms with Crippen molar-refractivity contribution < 1.29 is 14.3 Å². The highest BCUT2D eigenvalue weighted by Crippen LogP contribution is 2.25. The zero-order valence-electron chi connectivity index (χ0n) is 13.1. The van der Waals surface area contributed by atoms with Crippen molar-refractivity contribution in [2.45, 2.75) is 51.3 Å². The number of benzene rings is 1. The molecule has 1 aromatic carbocycles. The van der Waals surface area contributed by atoms with E-state index in [1.807, 2.05) is 39.0 Å². The molecule has 0 radical (unpaired) electrons. The molecule has 1 saturated heterocycles. The van der Waals surface area contributed by atoms with Gasteiger partial charge in [0.05, 0.1) is 0 Å². The lowest BCUT2D eigenvalue weighted by molar-refractivity contribution is -0.167. The summed E-state index contributed by atoms with van der Waals surface area (Å²) in [7, 11) is 0. The van der Waals surface area contributed by atoms with Gasteiger partial charge in [0.25, 0.3) is 0 Å². The Balaban J connectivity index is 2.07. The number of esters is 1. The number of hydrogen-bond donors (Lipinski definition) is 1. The molecule has 1 fully saturated rings.